The van der Waals surface area contributed by atoms with Crippen molar-refractivity contribution in [3.05, 3.63) is 179 Å². The van der Waals surface area contributed by atoms with Gasteiger partial charge in [-0.2, -0.15) is 13.2 Å². The summed E-state index contributed by atoms with van der Waals surface area (Å²) in [5, 5.41) is 13.0. The molecular formula is C44H40F3NO4. The summed E-state index contributed by atoms with van der Waals surface area (Å²) < 4.78 is 63.2. The molecule has 0 radical (unpaired) electrons. The van der Waals surface area contributed by atoms with Gasteiger partial charge in [-0.3, -0.25) is 4.90 Å². The molecule has 0 aliphatic carbocycles. The molecule has 1 saturated heterocycles. The largest absolute Gasteiger partial charge is 0.488 e. The van der Waals surface area contributed by atoms with Gasteiger partial charge < -0.3 is 19.3 Å². The molecule has 1 N–H and O–H groups in total. The third-order valence-electron chi connectivity index (χ3n) is 9.53. The maximum atomic E-state index is 14.8. The van der Waals surface area contributed by atoms with Gasteiger partial charge >= 0.3 is 6.18 Å². The Morgan fingerprint density at radius 2 is 1.12 bits per heavy atom. The van der Waals surface area contributed by atoms with Crippen molar-refractivity contribution in [3.8, 4) is 11.5 Å². The number of hydrogen-bond donors (Lipinski definition) is 1. The number of rotatable bonds is 12. The third-order valence-corrected chi connectivity index (χ3v) is 9.53. The van der Waals surface area contributed by atoms with Crippen molar-refractivity contribution in [1.82, 2.24) is 4.90 Å². The van der Waals surface area contributed by atoms with Crippen LogP contribution in [0.4, 0.5) is 13.2 Å². The Labute approximate surface area is 301 Å². The molecule has 6 aromatic rings. The van der Waals surface area contributed by atoms with Gasteiger partial charge in [-0.05, 0) is 34.7 Å². The van der Waals surface area contributed by atoms with Crippen molar-refractivity contribution in [2.24, 2.45) is 0 Å². The van der Waals surface area contributed by atoms with Crippen LogP contribution in [0.3, 0.4) is 0 Å². The zero-order valence-corrected chi connectivity index (χ0v) is 28.5. The van der Waals surface area contributed by atoms with Gasteiger partial charge in [-0.25, -0.2) is 0 Å². The summed E-state index contributed by atoms with van der Waals surface area (Å²) in [5.74, 6) is 1.05. The predicted octanol–water partition coefficient (Wildman–Crippen LogP) is 9.82. The van der Waals surface area contributed by atoms with E-state index in [0.717, 1.165) is 27.6 Å². The summed E-state index contributed by atoms with van der Waals surface area (Å²) in [6.07, 6.45) is -10.00. The van der Waals surface area contributed by atoms with Crippen LogP contribution in [0.2, 0.25) is 0 Å². The molecule has 4 atom stereocenters. The van der Waals surface area contributed by atoms with Crippen molar-refractivity contribution in [2.45, 2.75) is 63.3 Å². The second kappa shape index (κ2) is 16.0. The van der Waals surface area contributed by atoms with Gasteiger partial charge in [0.1, 0.15) is 30.8 Å². The molecule has 52 heavy (non-hydrogen) atoms. The molecule has 1 aliphatic heterocycles. The first-order chi connectivity index (χ1) is 25.3. The summed E-state index contributed by atoms with van der Waals surface area (Å²) in [4.78, 5) is 1.94. The maximum absolute atomic E-state index is 14.8. The van der Waals surface area contributed by atoms with Crippen LogP contribution >= 0.6 is 0 Å². The van der Waals surface area contributed by atoms with E-state index < -0.39 is 30.5 Å². The summed E-state index contributed by atoms with van der Waals surface area (Å²) in [7, 11) is 0. The van der Waals surface area contributed by atoms with Crippen molar-refractivity contribution in [3.63, 3.8) is 0 Å². The SMILES string of the molecule is O[C@H]1[C@H](C(F)(F)F)O[C@H](c2ccc3c(OCc4ccccc4)cccc3c2OCc2ccccc2)C[C@@H]1N(Cc1ccccc1)Cc1ccccc1. The van der Waals surface area contributed by atoms with E-state index in [2.05, 4.69) is 0 Å². The fraction of sp³-hybridized carbons (Fsp3) is 0.227. The van der Waals surface area contributed by atoms with Gasteiger partial charge in [0.25, 0.3) is 0 Å². The van der Waals surface area contributed by atoms with Crippen LogP contribution in [0.5, 0.6) is 11.5 Å². The molecule has 6 aromatic carbocycles. The third kappa shape index (κ3) is 8.31. The lowest BCUT2D eigenvalue weighted by molar-refractivity contribution is -0.286. The number of nitrogens with zero attached hydrogens (tertiary/aromatic N) is 1. The predicted molar refractivity (Wildman–Crippen MR) is 196 cm³/mol. The van der Waals surface area contributed by atoms with Gasteiger partial charge in [0.05, 0.1) is 6.10 Å². The van der Waals surface area contributed by atoms with Crippen LogP contribution in [-0.4, -0.2) is 34.4 Å². The summed E-state index contributed by atoms with van der Waals surface area (Å²) >= 11 is 0. The molecule has 1 heterocycles. The van der Waals surface area contributed by atoms with Crippen LogP contribution < -0.4 is 9.47 Å². The molecule has 8 heteroatoms. The molecule has 0 bridgehead atoms. The van der Waals surface area contributed by atoms with Crippen molar-refractivity contribution in [2.75, 3.05) is 0 Å². The molecule has 7 rings (SSSR count). The minimum Gasteiger partial charge on any atom is -0.488 e. The first-order valence-electron chi connectivity index (χ1n) is 17.4. The monoisotopic (exact) mass is 703 g/mol. The van der Waals surface area contributed by atoms with Crippen molar-refractivity contribution < 1.29 is 32.5 Å². The van der Waals surface area contributed by atoms with Crippen LogP contribution in [0.1, 0.15) is 40.3 Å². The molecule has 0 unspecified atom stereocenters. The molecule has 5 nitrogen and oxygen atoms in total. The highest BCUT2D eigenvalue weighted by atomic mass is 19.4. The normalized spacial score (nSPS) is 19.1. The zero-order valence-electron chi connectivity index (χ0n) is 28.5. The molecule has 266 valence electrons. The van der Waals surface area contributed by atoms with Gasteiger partial charge in [0, 0.05) is 35.5 Å². The summed E-state index contributed by atoms with van der Waals surface area (Å²) in [6.45, 7) is 1.22. The average molecular weight is 704 g/mol. The second-order valence-corrected chi connectivity index (χ2v) is 13.1. The van der Waals surface area contributed by atoms with E-state index in [1.54, 1.807) is 6.07 Å². The Kier molecular flexibility index (Phi) is 10.9. The number of ether oxygens (including phenoxy) is 3. The molecule has 0 amide bonds. The minimum absolute atomic E-state index is 0.102. The van der Waals surface area contributed by atoms with E-state index >= 15 is 0 Å². The highest BCUT2D eigenvalue weighted by molar-refractivity contribution is 5.94. The van der Waals surface area contributed by atoms with Crippen LogP contribution in [-0.2, 0) is 31.0 Å². The van der Waals surface area contributed by atoms with E-state index in [1.165, 1.54) is 0 Å². The highest BCUT2D eigenvalue weighted by Gasteiger charge is 2.54. The number of halogens is 3. The molecular weight excluding hydrogens is 663 g/mol. The Balaban J connectivity index is 1.29. The lowest BCUT2D eigenvalue weighted by Crippen LogP contribution is -2.57. The first kappa shape index (κ1) is 35.3. The van der Waals surface area contributed by atoms with Crippen LogP contribution in [0, 0.1) is 0 Å². The fourth-order valence-electron chi connectivity index (χ4n) is 6.96. The van der Waals surface area contributed by atoms with Crippen molar-refractivity contribution in [1.29, 1.82) is 0 Å². The van der Waals surface area contributed by atoms with E-state index in [4.69, 9.17) is 14.2 Å². The number of aliphatic hydroxyl groups excluding tert-OH is 1. The van der Waals surface area contributed by atoms with Gasteiger partial charge in [-0.1, -0.05) is 146 Å². The standard InChI is InChI=1S/C44H40F3NO4/c45-44(46,47)43-41(49)38(48(27-31-14-5-1-6-15-31)28-32-16-7-2-8-17-32)26-40(52-43)37-25-24-35-36(42(37)51-30-34-20-11-4-12-21-34)22-13-23-39(35)50-29-33-18-9-3-10-19-33/h1-25,38,40-41,43,49H,26-30H2/t38-,40-,41+,43+/m0/s1. The van der Waals surface area contributed by atoms with Crippen LogP contribution in [0.15, 0.2) is 152 Å². The topological polar surface area (TPSA) is 51.2 Å². The quantitative estimate of drug-likeness (QED) is 0.138. The van der Waals surface area contributed by atoms with Gasteiger partial charge in [0.2, 0.25) is 0 Å². The van der Waals surface area contributed by atoms with Gasteiger partial charge in [-0.15, -0.1) is 0 Å². The lowest BCUT2D eigenvalue weighted by atomic mass is 9.88. The Bertz CT molecular complexity index is 1990. The second-order valence-electron chi connectivity index (χ2n) is 13.1. The minimum atomic E-state index is -4.82. The summed E-state index contributed by atoms with van der Waals surface area (Å²) in [6, 6.07) is 47.0. The smallest absolute Gasteiger partial charge is 0.417 e. The Morgan fingerprint density at radius 1 is 0.596 bits per heavy atom. The number of aliphatic hydroxyl groups is 1. The summed E-state index contributed by atoms with van der Waals surface area (Å²) in [5.41, 5.74) is 4.25. The Morgan fingerprint density at radius 3 is 1.65 bits per heavy atom. The number of hydrogen-bond acceptors (Lipinski definition) is 5. The Hall–Kier alpha value is -5.15. The highest BCUT2D eigenvalue weighted by Crippen LogP contribution is 2.46. The molecule has 0 aromatic heterocycles. The van der Waals surface area contributed by atoms with Crippen molar-refractivity contribution >= 4 is 10.8 Å². The number of alkyl halides is 3. The molecule has 1 aliphatic rings. The fourth-order valence-corrected chi connectivity index (χ4v) is 6.96. The van der Waals surface area contributed by atoms with Gasteiger partial charge in [0.15, 0.2) is 6.10 Å². The van der Waals surface area contributed by atoms with E-state index in [-0.39, 0.29) is 13.0 Å². The molecule has 0 saturated carbocycles. The zero-order chi connectivity index (χ0) is 35.9. The molecule has 1 fully saturated rings. The molecule has 0 spiro atoms. The average Bonchev–Trinajstić information content (AvgIpc) is 3.17. The van der Waals surface area contributed by atoms with E-state index in [0.29, 0.717) is 42.1 Å². The van der Waals surface area contributed by atoms with E-state index in [9.17, 15) is 18.3 Å². The van der Waals surface area contributed by atoms with E-state index in [1.807, 2.05) is 150 Å². The lowest BCUT2D eigenvalue weighted by Gasteiger charge is -2.45. The number of benzene rings is 6. The van der Waals surface area contributed by atoms with Crippen LogP contribution in [0.25, 0.3) is 10.8 Å². The maximum Gasteiger partial charge on any atom is 0.417 e. The number of fused-ring (bicyclic) bond motifs is 1. The first-order valence-corrected chi connectivity index (χ1v) is 17.4.